The van der Waals surface area contributed by atoms with Crippen LogP contribution in [0.3, 0.4) is 0 Å². The van der Waals surface area contributed by atoms with Gasteiger partial charge in [0.15, 0.2) is 16.6 Å². The molecule has 3 aromatic rings. The van der Waals surface area contributed by atoms with Crippen molar-refractivity contribution in [2.75, 3.05) is 46.1 Å². The number of Topliss-reactive ketones (excluding diaryl/α,β-unsaturated/α-hetero) is 1. The summed E-state index contributed by atoms with van der Waals surface area (Å²) in [7, 11) is -3.97. The number of morpholine rings is 1. The topological polar surface area (TPSA) is 160 Å². The van der Waals surface area contributed by atoms with Crippen LogP contribution in [0.15, 0.2) is 58.1 Å². The Morgan fingerprint density at radius 1 is 1.00 bits per heavy atom. The van der Waals surface area contributed by atoms with Crippen LogP contribution in [0.2, 0.25) is 0 Å². The lowest BCUT2D eigenvalue weighted by molar-refractivity contribution is -0.129. The minimum absolute atomic E-state index is 0.0868. The number of ketones is 1. The van der Waals surface area contributed by atoms with E-state index in [2.05, 4.69) is 20.5 Å². The zero-order chi connectivity index (χ0) is 34.2. The fourth-order valence-electron chi connectivity index (χ4n) is 6.79. The molecule has 4 heterocycles. The Hall–Kier alpha value is -3.69. The molecule has 0 spiro atoms. The number of pyridine rings is 1. The van der Waals surface area contributed by atoms with Crippen molar-refractivity contribution in [3.8, 4) is 0 Å². The summed E-state index contributed by atoms with van der Waals surface area (Å²) in [6, 6.07) is 10.1. The number of nitrogens with zero attached hydrogens (tertiary/aromatic N) is 3. The average molecular weight is 696 g/mol. The Morgan fingerprint density at radius 3 is 2.59 bits per heavy atom. The van der Waals surface area contributed by atoms with Crippen LogP contribution in [0.5, 0.6) is 0 Å². The van der Waals surface area contributed by atoms with E-state index in [-0.39, 0.29) is 36.2 Å². The van der Waals surface area contributed by atoms with E-state index < -0.39 is 39.7 Å². The van der Waals surface area contributed by atoms with Gasteiger partial charge in [0, 0.05) is 31.2 Å². The summed E-state index contributed by atoms with van der Waals surface area (Å²) in [5.41, 5.74) is 1.49. The van der Waals surface area contributed by atoms with Gasteiger partial charge in [-0.2, -0.15) is 4.31 Å². The second-order valence-electron chi connectivity index (χ2n) is 13.1. The molecule has 49 heavy (non-hydrogen) atoms. The summed E-state index contributed by atoms with van der Waals surface area (Å²) in [5, 5.41) is 6.36. The van der Waals surface area contributed by atoms with E-state index in [1.54, 1.807) is 24.3 Å². The molecule has 6 rings (SSSR count). The fourth-order valence-corrected chi connectivity index (χ4v) is 8.17. The number of carbonyl (C=O) groups excluding carboxylic acids is 3. The van der Waals surface area contributed by atoms with E-state index in [0.717, 1.165) is 60.4 Å². The first kappa shape index (κ1) is 35.1. The van der Waals surface area contributed by atoms with Gasteiger partial charge in [-0.05, 0) is 61.1 Å². The highest BCUT2D eigenvalue weighted by Gasteiger charge is 2.35. The van der Waals surface area contributed by atoms with Crippen molar-refractivity contribution >= 4 is 38.6 Å². The van der Waals surface area contributed by atoms with Gasteiger partial charge in [0.05, 0.1) is 39.1 Å². The number of hydrogen-bond donors (Lipinski definition) is 2. The van der Waals surface area contributed by atoms with Crippen molar-refractivity contribution in [3.05, 3.63) is 60.0 Å². The SMILES string of the molecule is O=C(N[C@@H](CC1CCCCC1)C(=O)NC1CCCN(S(=O)(=O)c2ccccn2)CC1=O)c1cc2cc(COCN3CCOCC3)ccc2o1. The van der Waals surface area contributed by atoms with Crippen molar-refractivity contribution in [1.29, 1.82) is 0 Å². The third-order valence-corrected chi connectivity index (χ3v) is 11.3. The predicted molar refractivity (Wildman–Crippen MR) is 180 cm³/mol. The van der Waals surface area contributed by atoms with Crippen molar-refractivity contribution in [2.24, 2.45) is 5.92 Å². The highest BCUT2D eigenvalue weighted by Crippen LogP contribution is 2.28. The number of nitrogens with one attached hydrogen (secondary N) is 2. The molecule has 264 valence electrons. The van der Waals surface area contributed by atoms with E-state index in [4.69, 9.17) is 13.9 Å². The van der Waals surface area contributed by atoms with Gasteiger partial charge in [0.1, 0.15) is 11.6 Å². The van der Waals surface area contributed by atoms with Gasteiger partial charge in [-0.3, -0.25) is 19.3 Å². The van der Waals surface area contributed by atoms with E-state index in [1.165, 1.54) is 12.3 Å². The largest absolute Gasteiger partial charge is 0.451 e. The lowest BCUT2D eigenvalue weighted by Crippen LogP contribution is -2.53. The predicted octanol–water partition coefficient (Wildman–Crippen LogP) is 3.24. The van der Waals surface area contributed by atoms with E-state index in [0.29, 0.717) is 45.0 Å². The third kappa shape index (κ3) is 9.11. The standard InChI is InChI=1S/C35H45N5O8S/c41-30-22-40(49(44,45)33-10-4-5-13-36-33)14-6-9-28(30)37-34(42)29(20-25-7-2-1-3-8-25)38-35(43)32-21-27-19-26(11-12-31(27)48-32)23-47-24-39-15-17-46-18-16-39/h4-5,10-13,19,21,25,28-29H,1-3,6-9,14-18,20,22-24H2,(H,37,42)(H,38,43)/t28?,29-/m0/s1. The second kappa shape index (κ2) is 16.3. The normalized spacial score (nSPS) is 20.9. The number of fused-ring (bicyclic) bond motifs is 1. The monoisotopic (exact) mass is 695 g/mol. The quantitative estimate of drug-likeness (QED) is 0.288. The molecule has 3 fully saturated rings. The lowest BCUT2D eigenvalue weighted by atomic mass is 9.84. The molecule has 3 aliphatic rings. The molecule has 14 heteroatoms. The Labute approximate surface area is 286 Å². The number of aromatic nitrogens is 1. The molecule has 2 N–H and O–H groups in total. The number of benzene rings is 1. The minimum atomic E-state index is -3.97. The summed E-state index contributed by atoms with van der Waals surface area (Å²) >= 11 is 0. The zero-order valence-corrected chi connectivity index (χ0v) is 28.5. The Bertz CT molecular complexity index is 1700. The molecule has 1 aliphatic carbocycles. The molecule has 2 atom stereocenters. The molecule has 13 nitrogen and oxygen atoms in total. The van der Waals surface area contributed by atoms with Crippen LogP contribution >= 0.6 is 0 Å². The van der Waals surface area contributed by atoms with Crippen LogP contribution in [0.25, 0.3) is 11.0 Å². The molecule has 2 saturated heterocycles. The summed E-state index contributed by atoms with van der Waals surface area (Å²) in [4.78, 5) is 46.8. The van der Waals surface area contributed by atoms with E-state index in [1.807, 2.05) is 12.1 Å². The van der Waals surface area contributed by atoms with Crippen molar-refractivity contribution in [3.63, 3.8) is 0 Å². The Morgan fingerprint density at radius 2 is 1.82 bits per heavy atom. The smallest absolute Gasteiger partial charge is 0.287 e. The van der Waals surface area contributed by atoms with Gasteiger partial charge in [0.25, 0.3) is 15.9 Å². The minimum Gasteiger partial charge on any atom is -0.451 e. The fraction of sp³-hybridized carbons (Fsp3) is 0.543. The molecule has 1 unspecified atom stereocenters. The molecule has 1 saturated carbocycles. The molecule has 1 aromatic carbocycles. The van der Waals surface area contributed by atoms with Gasteiger partial charge in [0.2, 0.25) is 5.91 Å². The zero-order valence-electron chi connectivity index (χ0n) is 27.7. The van der Waals surface area contributed by atoms with E-state index in [9.17, 15) is 22.8 Å². The van der Waals surface area contributed by atoms with Gasteiger partial charge in [-0.15, -0.1) is 0 Å². The lowest BCUT2D eigenvalue weighted by Gasteiger charge is -2.27. The number of furan rings is 1. The molecule has 0 bridgehead atoms. The summed E-state index contributed by atoms with van der Waals surface area (Å²) in [6.45, 7) is 3.77. The first-order chi connectivity index (χ1) is 23.8. The number of sulfonamides is 1. The van der Waals surface area contributed by atoms with Crippen LogP contribution in [0.4, 0.5) is 0 Å². The maximum atomic E-state index is 13.8. The molecule has 2 aliphatic heterocycles. The number of hydrogen-bond acceptors (Lipinski definition) is 10. The van der Waals surface area contributed by atoms with Crippen molar-refractivity contribution < 1.29 is 36.7 Å². The third-order valence-electron chi connectivity index (χ3n) is 9.55. The van der Waals surface area contributed by atoms with Crippen LogP contribution in [-0.2, 0) is 35.7 Å². The summed E-state index contributed by atoms with van der Waals surface area (Å²) < 4.78 is 44.6. The maximum Gasteiger partial charge on any atom is 0.287 e. The second-order valence-corrected chi connectivity index (χ2v) is 15.0. The molecular weight excluding hydrogens is 650 g/mol. The maximum absolute atomic E-state index is 13.8. The van der Waals surface area contributed by atoms with Crippen molar-refractivity contribution in [1.82, 2.24) is 24.8 Å². The molecule has 2 amide bonds. The van der Waals surface area contributed by atoms with Gasteiger partial charge in [-0.1, -0.05) is 44.2 Å². The van der Waals surface area contributed by atoms with E-state index >= 15 is 0 Å². The first-order valence-electron chi connectivity index (χ1n) is 17.2. The number of carbonyl (C=O) groups is 3. The molecule has 0 radical (unpaired) electrons. The van der Waals surface area contributed by atoms with Gasteiger partial charge < -0.3 is 24.5 Å². The Kier molecular flexibility index (Phi) is 11.7. The summed E-state index contributed by atoms with van der Waals surface area (Å²) in [5.74, 6) is -1.05. The number of rotatable bonds is 12. The molecular formula is C35H45N5O8S. The molecule has 2 aromatic heterocycles. The highest BCUT2D eigenvalue weighted by atomic mass is 32.2. The summed E-state index contributed by atoms with van der Waals surface area (Å²) in [6.07, 6.45) is 7.69. The average Bonchev–Trinajstić information content (AvgIpc) is 3.46. The Balaban J connectivity index is 1.10. The van der Waals surface area contributed by atoms with Crippen LogP contribution < -0.4 is 10.6 Å². The van der Waals surface area contributed by atoms with Crippen LogP contribution in [-0.4, -0.2) is 98.4 Å². The van der Waals surface area contributed by atoms with Crippen LogP contribution in [0.1, 0.15) is 67.5 Å². The van der Waals surface area contributed by atoms with Crippen molar-refractivity contribution in [2.45, 2.75) is 75.1 Å². The number of amides is 2. The van der Waals surface area contributed by atoms with Gasteiger partial charge in [-0.25, -0.2) is 13.4 Å². The van der Waals surface area contributed by atoms with Gasteiger partial charge >= 0.3 is 0 Å². The highest BCUT2D eigenvalue weighted by molar-refractivity contribution is 7.89. The first-order valence-corrected chi connectivity index (χ1v) is 18.7. The number of ether oxygens (including phenoxy) is 2. The van der Waals surface area contributed by atoms with Crippen LogP contribution in [0, 0.1) is 5.92 Å².